The van der Waals surface area contributed by atoms with Crippen molar-refractivity contribution >= 4 is 56.8 Å². The number of Topliss-reactive ketones (excluding diaryl/α,β-unsaturated/α-hetero) is 1. The number of ketones is 1. The molecule has 3 aromatic rings. The lowest BCUT2D eigenvalue weighted by molar-refractivity contribution is -0.153. The molecule has 3 heterocycles. The molecule has 0 radical (unpaired) electrons. The zero-order valence-corrected chi connectivity index (χ0v) is 18.7. The number of aryl methyl sites for hydroxylation is 2. The highest BCUT2D eigenvalue weighted by Gasteiger charge is 2.26. The summed E-state index contributed by atoms with van der Waals surface area (Å²) in [4.78, 5) is 55.1. The topological polar surface area (TPSA) is 117 Å². The third-order valence-electron chi connectivity index (χ3n) is 5.23. The molecular weight excluding hydrogens is 446 g/mol. The third kappa shape index (κ3) is 3.47. The van der Waals surface area contributed by atoms with Crippen molar-refractivity contribution in [3.8, 4) is 0 Å². The zero-order valence-electron chi connectivity index (χ0n) is 17.2. The van der Waals surface area contributed by atoms with Crippen LogP contribution in [0.25, 0.3) is 11.2 Å². The molecule has 0 fully saturated rings. The lowest BCUT2D eigenvalue weighted by atomic mass is 10.3. The zero-order chi connectivity index (χ0) is 22.4. The van der Waals surface area contributed by atoms with Gasteiger partial charge in [0.1, 0.15) is 5.00 Å². The van der Waals surface area contributed by atoms with E-state index in [9.17, 15) is 19.2 Å². The van der Waals surface area contributed by atoms with Crippen molar-refractivity contribution in [2.75, 3.05) is 11.9 Å². The molecular formula is C19H20ClN5O5S. The molecule has 0 bridgehead atoms. The van der Waals surface area contributed by atoms with Crippen LogP contribution in [0.15, 0.2) is 9.59 Å². The second-order valence-corrected chi connectivity index (χ2v) is 8.65. The number of anilines is 2. The average Bonchev–Trinajstić information content (AvgIpc) is 3.41. The monoisotopic (exact) mass is 465 g/mol. The molecule has 0 unspecified atom stereocenters. The smallest absolute Gasteiger partial charge is 0.376 e. The van der Waals surface area contributed by atoms with E-state index in [2.05, 4.69) is 10.3 Å². The molecule has 0 aromatic carbocycles. The number of rotatable bonds is 6. The lowest BCUT2D eigenvalue weighted by Gasteiger charge is -2.10. The summed E-state index contributed by atoms with van der Waals surface area (Å²) in [6, 6.07) is 0. The van der Waals surface area contributed by atoms with Gasteiger partial charge in [-0.25, -0.2) is 9.59 Å². The summed E-state index contributed by atoms with van der Waals surface area (Å²) in [5.74, 6) is -1.72. The Morgan fingerprint density at radius 2 is 1.97 bits per heavy atom. The number of halogens is 1. The summed E-state index contributed by atoms with van der Waals surface area (Å²) in [5, 5.41) is 4.31. The van der Waals surface area contributed by atoms with Gasteiger partial charge in [0.2, 0.25) is 5.95 Å². The summed E-state index contributed by atoms with van der Waals surface area (Å²) in [5.41, 5.74) is 0.00817. The van der Waals surface area contributed by atoms with E-state index in [0.29, 0.717) is 10.0 Å². The number of thiophene rings is 1. The molecule has 3 aromatic heterocycles. The highest BCUT2D eigenvalue weighted by Crippen LogP contribution is 2.43. The number of nitrogens with zero attached hydrogens (tertiary/aromatic N) is 4. The van der Waals surface area contributed by atoms with E-state index >= 15 is 0 Å². The Bertz CT molecular complexity index is 1350. The standard InChI is InChI=1S/C19H20ClN5O5S/c1-4-30-17(28)10(26)8-25-13-14(23(2)19(29)24(3)16(13)27)21-18(25)22-15-12(20)9-6-5-7-11(9)31-15/h4-8H2,1-3H3,(H,21,22). The van der Waals surface area contributed by atoms with Crippen molar-refractivity contribution in [1.29, 1.82) is 0 Å². The van der Waals surface area contributed by atoms with Crippen molar-refractivity contribution in [2.45, 2.75) is 32.7 Å². The van der Waals surface area contributed by atoms with E-state index in [4.69, 9.17) is 16.3 Å². The van der Waals surface area contributed by atoms with Gasteiger partial charge < -0.3 is 10.1 Å². The SMILES string of the molecule is CCOC(=O)C(=O)Cn1c(Nc2sc3c(c2Cl)CCC3)nc2c1c(=O)n(C)c(=O)n2C. The van der Waals surface area contributed by atoms with Gasteiger partial charge >= 0.3 is 11.7 Å². The van der Waals surface area contributed by atoms with E-state index in [0.717, 1.165) is 29.4 Å². The van der Waals surface area contributed by atoms with Gasteiger partial charge in [-0.3, -0.25) is 23.3 Å². The molecule has 12 heteroatoms. The summed E-state index contributed by atoms with van der Waals surface area (Å²) < 4.78 is 8.20. The Kier molecular flexibility index (Phi) is 5.48. The van der Waals surface area contributed by atoms with Crippen molar-refractivity contribution in [3.05, 3.63) is 36.3 Å². The number of hydrogen-bond donors (Lipinski definition) is 1. The van der Waals surface area contributed by atoms with Crippen LogP contribution >= 0.6 is 22.9 Å². The number of carbonyl (C=O) groups is 2. The Balaban J connectivity index is 1.87. The van der Waals surface area contributed by atoms with Gasteiger partial charge in [0.25, 0.3) is 11.3 Å². The maximum atomic E-state index is 12.9. The molecule has 31 heavy (non-hydrogen) atoms. The molecule has 0 saturated carbocycles. The van der Waals surface area contributed by atoms with Gasteiger partial charge in [-0.2, -0.15) is 4.98 Å². The molecule has 1 aliphatic rings. The maximum absolute atomic E-state index is 12.9. The number of imidazole rings is 1. The minimum atomic E-state index is -1.01. The van der Waals surface area contributed by atoms with Crippen LogP contribution in [0.2, 0.25) is 5.02 Å². The first-order valence-corrected chi connectivity index (χ1v) is 10.9. The van der Waals surface area contributed by atoms with E-state index in [1.54, 1.807) is 6.92 Å². The van der Waals surface area contributed by atoms with E-state index in [1.807, 2.05) is 0 Å². The first-order chi connectivity index (χ1) is 14.7. The molecule has 0 amide bonds. The van der Waals surface area contributed by atoms with E-state index < -0.39 is 29.5 Å². The fraction of sp³-hybridized carbons (Fsp3) is 0.421. The molecule has 164 valence electrons. The summed E-state index contributed by atoms with van der Waals surface area (Å²) in [6.07, 6.45) is 2.87. The van der Waals surface area contributed by atoms with Crippen molar-refractivity contribution < 1.29 is 14.3 Å². The minimum absolute atomic E-state index is 0.0185. The van der Waals surface area contributed by atoms with Gasteiger partial charge in [-0.15, -0.1) is 11.3 Å². The van der Waals surface area contributed by atoms with Gasteiger partial charge in [-0.05, 0) is 31.7 Å². The van der Waals surface area contributed by atoms with Crippen LogP contribution in [0.3, 0.4) is 0 Å². The first kappa shape index (κ1) is 21.3. The number of aromatic nitrogens is 4. The van der Waals surface area contributed by atoms with Crippen molar-refractivity contribution in [3.63, 3.8) is 0 Å². The lowest BCUT2D eigenvalue weighted by Crippen LogP contribution is -2.38. The van der Waals surface area contributed by atoms with Crippen LogP contribution in [0.4, 0.5) is 10.9 Å². The quantitative estimate of drug-likeness (QED) is 0.433. The number of esters is 1. The predicted molar refractivity (Wildman–Crippen MR) is 116 cm³/mol. The molecule has 0 aliphatic heterocycles. The van der Waals surface area contributed by atoms with Crippen molar-refractivity contribution in [1.82, 2.24) is 18.7 Å². The summed E-state index contributed by atoms with van der Waals surface area (Å²) in [7, 11) is 2.81. The van der Waals surface area contributed by atoms with Gasteiger partial charge in [-0.1, -0.05) is 11.6 Å². The Morgan fingerprint density at radius 1 is 1.23 bits per heavy atom. The molecule has 10 nitrogen and oxygen atoms in total. The highest BCUT2D eigenvalue weighted by molar-refractivity contribution is 7.17. The minimum Gasteiger partial charge on any atom is -0.460 e. The second kappa shape index (κ2) is 7.97. The fourth-order valence-electron chi connectivity index (χ4n) is 3.66. The maximum Gasteiger partial charge on any atom is 0.376 e. The number of hydrogen-bond acceptors (Lipinski definition) is 8. The normalized spacial score (nSPS) is 12.9. The van der Waals surface area contributed by atoms with Crippen LogP contribution in [-0.2, 0) is 47.8 Å². The van der Waals surface area contributed by atoms with Gasteiger partial charge in [0.05, 0.1) is 18.2 Å². The number of ether oxygens (including phenoxy) is 1. The highest BCUT2D eigenvalue weighted by atomic mass is 35.5. The molecule has 0 saturated heterocycles. The Labute approximate surface area is 185 Å². The molecule has 1 aliphatic carbocycles. The molecule has 0 spiro atoms. The molecule has 1 N–H and O–H groups in total. The summed E-state index contributed by atoms with van der Waals surface area (Å²) >= 11 is 8.02. The van der Waals surface area contributed by atoms with E-state index in [-0.39, 0.29) is 23.7 Å². The van der Waals surface area contributed by atoms with Crippen LogP contribution in [0.1, 0.15) is 23.8 Å². The third-order valence-corrected chi connectivity index (χ3v) is 6.97. The van der Waals surface area contributed by atoms with E-state index in [1.165, 1.54) is 39.4 Å². The fourth-order valence-corrected chi connectivity index (χ4v) is 5.27. The van der Waals surface area contributed by atoms with Crippen LogP contribution in [0, 0.1) is 0 Å². The average molecular weight is 466 g/mol. The van der Waals surface area contributed by atoms with Crippen molar-refractivity contribution in [2.24, 2.45) is 14.1 Å². The van der Waals surface area contributed by atoms with Crippen LogP contribution in [0.5, 0.6) is 0 Å². The molecule has 0 atom stereocenters. The summed E-state index contributed by atoms with van der Waals surface area (Å²) in [6.45, 7) is 1.16. The van der Waals surface area contributed by atoms with Gasteiger partial charge in [0.15, 0.2) is 11.2 Å². The Hall–Kier alpha value is -2.92. The van der Waals surface area contributed by atoms with Crippen LogP contribution in [-0.4, -0.2) is 37.0 Å². The first-order valence-electron chi connectivity index (χ1n) is 9.67. The Morgan fingerprint density at radius 3 is 2.65 bits per heavy atom. The predicted octanol–water partition coefficient (Wildman–Crippen LogP) is 1.51. The second-order valence-electron chi connectivity index (χ2n) is 7.17. The van der Waals surface area contributed by atoms with Crippen LogP contribution < -0.4 is 16.6 Å². The number of nitrogens with one attached hydrogen (secondary N) is 1. The number of fused-ring (bicyclic) bond motifs is 2. The van der Waals surface area contributed by atoms with Gasteiger partial charge in [0, 0.05) is 19.0 Å². The largest absolute Gasteiger partial charge is 0.460 e. The molecule has 4 rings (SSSR count). The number of carbonyl (C=O) groups excluding carboxylic acids is 2.